The molecule has 6 heteroatoms. The highest BCUT2D eigenvalue weighted by molar-refractivity contribution is 5.81. The summed E-state index contributed by atoms with van der Waals surface area (Å²) in [6.45, 7) is 2.06. The number of amides is 1. The van der Waals surface area contributed by atoms with Crippen LogP contribution >= 0.6 is 0 Å². The number of para-hydroxylation sites is 2. The fourth-order valence-corrected chi connectivity index (χ4v) is 2.56. The minimum atomic E-state index is -0.582. The minimum Gasteiger partial charge on any atom is -0.490 e. The van der Waals surface area contributed by atoms with Crippen LogP contribution in [0.4, 0.5) is 0 Å². The van der Waals surface area contributed by atoms with E-state index in [1.807, 2.05) is 13.0 Å². The van der Waals surface area contributed by atoms with Crippen molar-refractivity contribution in [3.63, 3.8) is 0 Å². The summed E-state index contributed by atoms with van der Waals surface area (Å²) in [4.78, 5) is 23.4. The van der Waals surface area contributed by atoms with Gasteiger partial charge in [-0.2, -0.15) is 0 Å². The molecule has 0 bridgehead atoms. The highest BCUT2D eigenvalue weighted by Crippen LogP contribution is 2.26. The highest BCUT2D eigenvalue weighted by atomic mass is 16.6. The van der Waals surface area contributed by atoms with E-state index in [1.165, 1.54) is 0 Å². The van der Waals surface area contributed by atoms with Crippen molar-refractivity contribution in [2.75, 3.05) is 19.8 Å². The maximum Gasteiger partial charge on any atom is 0.344 e. The summed E-state index contributed by atoms with van der Waals surface area (Å²) in [5.41, 5.74) is 0. The van der Waals surface area contributed by atoms with Crippen LogP contribution in [0.25, 0.3) is 0 Å². The van der Waals surface area contributed by atoms with E-state index >= 15 is 0 Å². The van der Waals surface area contributed by atoms with E-state index in [2.05, 4.69) is 5.32 Å². The van der Waals surface area contributed by atoms with Gasteiger partial charge in [-0.15, -0.1) is 0 Å². The van der Waals surface area contributed by atoms with E-state index in [-0.39, 0.29) is 25.2 Å². The summed E-state index contributed by atoms with van der Waals surface area (Å²) in [6, 6.07) is 7.36. The third-order valence-corrected chi connectivity index (χ3v) is 3.74. The quantitative estimate of drug-likeness (QED) is 0.702. The molecule has 1 N–H and O–H groups in total. The van der Waals surface area contributed by atoms with Crippen molar-refractivity contribution in [1.29, 1.82) is 0 Å². The Balaban J connectivity index is 1.70. The van der Waals surface area contributed by atoms with Crippen molar-refractivity contribution in [2.45, 2.75) is 45.1 Å². The highest BCUT2D eigenvalue weighted by Gasteiger charge is 2.18. The number of carbonyl (C=O) groups excluding carboxylic acids is 2. The number of rotatable bonds is 9. The average Bonchev–Trinajstić information content (AvgIpc) is 3.10. The van der Waals surface area contributed by atoms with Crippen LogP contribution < -0.4 is 14.8 Å². The molecule has 1 aliphatic carbocycles. The van der Waals surface area contributed by atoms with Gasteiger partial charge in [-0.3, -0.25) is 4.79 Å². The lowest BCUT2D eigenvalue weighted by Gasteiger charge is -2.13. The summed E-state index contributed by atoms with van der Waals surface area (Å²) in [7, 11) is 0. The molecule has 0 radical (unpaired) electrons. The fourth-order valence-electron chi connectivity index (χ4n) is 2.56. The Morgan fingerprint density at radius 3 is 2.42 bits per heavy atom. The second kappa shape index (κ2) is 9.80. The molecule has 0 spiro atoms. The van der Waals surface area contributed by atoms with Crippen molar-refractivity contribution < 1.29 is 23.8 Å². The third kappa shape index (κ3) is 6.10. The van der Waals surface area contributed by atoms with Gasteiger partial charge >= 0.3 is 5.97 Å². The molecule has 1 aliphatic rings. The maximum atomic E-state index is 11.7. The molecule has 0 atom stereocenters. The van der Waals surface area contributed by atoms with Gasteiger partial charge in [-0.05, 0) is 31.4 Å². The van der Waals surface area contributed by atoms with Crippen LogP contribution in [-0.2, 0) is 14.3 Å². The predicted molar refractivity (Wildman–Crippen MR) is 89.1 cm³/mol. The van der Waals surface area contributed by atoms with Gasteiger partial charge < -0.3 is 19.5 Å². The summed E-state index contributed by atoms with van der Waals surface area (Å²) < 4.78 is 15.9. The SMILES string of the molecule is CCCOc1ccccc1OCC(=O)OCC(=O)NC1CCCC1. The second-order valence-corrected chi connectivity index (χ2v) is 5.79. The molecule has 6 nitrogen and oxygen atoms in total. The molecule has 132 valence electrons. The van der Waals surface area contributed by atoms with Crippen LogP contribution in [0.15, 0.2) is 24.3 Å². The Labute approximate surface area is 142 Å². The lowest BCUT2D eigenvalue weighted by Crippen LogP contribution is -2.36. The summed E-state index contributed by atoms with van der Waals surface area (Å²) >= 11 is 0. The molecule has 1 amide bonds. The molecular formula is C18H25NO5. The van der Waals surface area contributed by atoms with Gasteiger partial charge in [-0.25, -0.2) is 4.79 Å². The van der Waals surface area contributed by atoms with Crippen LogP contribution in [0.3, 0.4) is 0 Å². The average molecular weight is 335 g/mol. The zero-order valence-electron chi connectivity index (χ0n) is 14.1. The van der Waals surface area contributed by atoms with Crippen molar-refractivity contribution in [3.05, 3.63) is 24.3 Å². The minimum absolute atomic E-state index is 0.218. The third-order valence-electron chi connectivity index (χ3n) is 3.74. The van der Waals surface area contributed by atoms with E-state index in [1.54, 1.807) is 18.2 Å². The van der Waals surface area contributed by atoms with Gasteiger partial charge in [0.2, 0.25) is 0 Å². The second-order valence-electron chi connectivity index (χ2n) is 5.79. The van der Waals surface area contributed by atoms with Crippen LogP contribution in [0.2, 0.25) is 0 Å². The molecule has 1 aromatic carbocycles. The van der Waals surface area contributed by atoms with Crippen LogP contribution in [0.5, 0.6) is 11.5 Å². The lowest BCUT2D eigenvalue weighted by atomic mass is 10.2. The Hall–Kier alpha value is -2.24. The molecule has 0 saturated heterocycles. The van der Waals surface area contributed by atoms with Gasteiger partial charge in [0.15, 0.2) is 24.7 Å². The number of hydrogen-bond acceptors (Lipinski definition) is 5. The number of nitrogens with one attached hydrogen (secondary N) is 1. The molecule has 0 aliphatic heterocycles. The zero-order valence-corrected chi connectivity index (χ0v) is 14.1. The van der Waals surface area contributed by atoms with Crippen molar-refractivity contribution in [1.82, 2.24) is 5.32 Å². The predicted octanol–water partition coefficient (Wildman–Crippen LogP) is 2.46. The van der Waals surface area contributed by atoms with Gasteiger partial charge in [0.05, 0.1) is 6.61 Å². The number of hydrogen-bond donors (Lipinski definition) is 1. The van der Waals surface area contributed by atoms with E-state index in [4.69, 9.17) is 14.2 Å². The Kier molecular flexibility index (Phi) is 7.39. The molecule has 1 saturated carbocycles. The molecule has 24 heavy (non-hydrogen) atoms. The number of ether oxygens (including phenoxy) is 3. The molecular weight excluding hydrogens is 310 g/mol. The Morgan fingerprint density at radius 1 is 1.08 bits per heavy atom. The first-order chi connectivity index (χ1) is 11.7. The molecule has 1 aromatic rings. The Morgan fingerprint density at radius 2 is 1.75 bits per heavy atom. The first kappa shape index (κ1) is 18.1. The monoisotopic (exact) mass is 335 g/mol. The molecule has 0 heterocycles. The van der Waals surface area contributed by atoms with E-state index in [0.717, 1.165) is 32.1 Å². The van der Waals surface area contributed by atoms with Gasteiger partial charge in [-0.1, -0.05) is 31.9 Å². The zero-order chi connectivity index (χ0) is 17.2. The number of esters is 1. The summed E-state index contributed by atoms with van der Waals surface area (Å²) in [6.07, 6.45) is 5.15. The molecule has 0 aromatic heterocycles. The number of benzene rings is 1. The lowest BCUT2D eigenvalue weighted by molar-refractivity contribution is -0.150. The first-order valence-corrected chi connectivity index (χ1v) is 8.48. The van der Waals surface area contributed by atoms with Crippen molar-refractivity contribution >= 4 is 11.9 Å². The maximum absolute atomic E-state index is 11.7. The van der Waals surface area contributed by atoms with E-state index in [9.17, 15) is 9.59 Å². The van der Waals surface area contributed by atoms with Gasteiger partial charge in [0.1, 0.15) is 0 Å². The fraction of sp³-hybridized carbons (Fsp3) is 0.556. The molecule has 1 fully saturated rings. The summed E-state index contributed by atoms with van der Waals surface area (Å²) in [5, 5.41) is 2.86. The van der Waals surface area contributed by atoms with E-state index in [0.29, 0.717) is 18.1 Å². The van der Waals surface area contributed by atoms with Crippen LogP contribution in [-0.4, -0.2) is 37.7 Å². The van der Waals surface area contributed by atoms with Crippen LogP contribution in [0, 0.1) is 0 Å². The molecule has 0 unspecified atom stereocenters. The largest absolute Gasteiger partial charge is 0.490 e. The standard InChI is InChI=1S/C18H25NO5/c1-2-11-22-15-9-5-6-10-16(15)23-13-18(21)24-12-17(20)19-14-7-3-4-8-14/h5-6,9-10,14H,2-4,7-8,11-13H2,1H3,(H,19,20). The topological polar surface area (TPSA) is 73.9 Å². The smallest absolute Gasteiger partial charge is 0.344 e. The first-order valence-electron chi connectivity index (χ1n) is 8.48. The van der Waals surface area contributed by atoms with Gasteiger partial charge in [0.25, 0.3) is 5.91 Å². The normalized spacial score (nSPS) is 14.2. The Bertz CT molecular complexity index is 540. The van der Waals surface area contributed by atoms with Crippen molar-refractivity contribution in [2.24, 2.45) is 0 Å². The van der Waals surface area contributed by atoms with Crippen LogP contribution in [0.1, 0.15) is 39.0 Å². The van der Waals surface area contributed by atoms with Gasteiger partial charge in [0, 0.05) is 6.04 Å². The summed E-state index contributed by atoms with van der Waals surface area (Å²) in [5.74, 6) is 0.230. The van der Waals surface area contributed by atoms with E-state index < -0.39 is 5.97 Å². The van der Waals surface area contributed by atoms with Crippen molar-refractivity contribution in [3.8, 4) is 11.5 Å². The number of carbonyl (C=O) groups is 2. The molecule has 2 rings (SSSR count).